The third kappa shape index (κ3) is 1.84. The lowest BCUT2D eigenvalue weighted by molar-refractivity contribution is -0.138. The monoisotopic (exact) mass is 169 g/mol. The third-order valence-electron chi connectivity index (χ3n) is 1.63. The molecule has 1 heterocycles. The van der Waals surface area contributed by atoms with E-state index in [4.69, 9.17) is 4.74 Å². The van der Waals surface area contributed by atoms with Crippen molar-refractivity contribution in [2.24, 2.45) is 0 Å². The average Bonchev–Trinajstić information content (AvgIpc) is 2.52. The molecule has 0 radical (unpaired) electrons. The summed E-state index contributed by atoms with van der Waals surface area (Å²) in [5.74, 6) is -0.318. The highest BCUT2D eigenvalue weighted by Gasteiger charge is 2.18. The summed E-state index contributed by atoms with van der Waals surface area (Å²) in [6, 6.07) is 0. The fourth-order valence-electron chi connectivity index (χ4n) is 1.04. The highest BCUT2D eigenvalue weighted by molar-refractivity contribution is 5.89. The molecule has 0 saturated carbocycles. The first-order chi connectivity index (χ1) is 5.77. The zero-order chi connectivity index (χ0) is 8.97. The highest BCUT2D eigenvalue weighted by atomic mass is 16.5. The first-order valence-electron chi connectivity index (χ1n) is 3.86. The third-order valence-corrected chi connectivity index (χ3v) is 1.63. The molecule has 1 amide bonds. The van der Waals surface area contributed by atoms with E-state index in [0.717, 1.165) is 0 Å². The summed E-state index contributed by atoms with van der Waals surface area (Å²) in [5.41, 5.74) is 0.573. The molecule has 1 aliphatic heterocycles. The first kappa shape index (κ1) is 8.77. The van der Waals surface area contributed by atoms with E-state index in [0.29, 0.717) is 31.6 Å². The fourth-order valence-corrected chi connectivity index (χ4v) is 1.04. The zero-order valence-electron chi connectivity index (χ0n) is 6.95. The Morgan fingerprint density at radius 3 is 3.08 bits per heavy atom. The molecule has 0 fully saturated rings. The molecule has 1 aliphatic rings. The summed E-state index contributed by atoms with van der Waals surface area (Å²) >= 11 is 0. The number of rotatable bonds is 3. The Labute approximate surface area is 70.8 Å². The van der Waals surface area contributed by atoms with Crippen LogP contribution in [0.25, 0.3) is 0 Å². The number of carbonyl (C=O) groups is 2. The van der Waals surface area contributed by atoms with E-state index in [9.17, 15) is 9.59 Å². The maximum atomic E-state index is 11.1. The van der Waals surface area contributed by atoms with E-state index in [1.165, 1.54) is 11.1 Å². The molecule has 0 bridgehead atoms. The van der Waals surface area contributed by atoms with Crippen LogP contribution in [0.15, 0.2) is 11.8 Å². The van der Waals surface area contributed by atoms with Gasteiger partial charge >= 0.3 is 5.97 Å². The van der Waals surface area contributed by atoms with Gasteiger partial charge in [-0.15, -0.1) is 0 Å². The first-order valence-corrected chi connectivity index (χ1v) is 3.86. The Morgan fingerprint density at radius 1 is 1.83 bits per heavy atom. The van der Waals surface area contributed by atoms with E-state index < -0.39 is 0 Å². The van der Waals surface area contributed by atoms with Gasteiger partial charge in [0.05, 0.1) is 12.2 Å². The minimum atomic E-state index is -0.318. The van der Waals surface area contributed by atoms with Crippen molar-refractivity contribution in [3.63, 3.8) is 0 Å². The fraction of sp³-hybridized carbons (Fsp3) is 0.500. The standard InChI is InChI=1S/C8H11NO3/c1-2-12-8(11)7-3-4-9(5-7)6-10/h5-6H,2-4H2,1H3. The predicted molar refractivity (Wildman–Crippen MR) is 42.1 cm³/mol. The van der Waals surface area contributed by atoms with Crippen molar-refractivity contribution in [3.8, 4) is 0 Å². The molecular weight excluding hydrogens is 158 g/mol. The predicted octanol–water partition coefficient (Wildman–Crippen LogP) is 0.295. The van der Waals surface area contributed by atoms with Crippen molar-refractivity contribution >= 4 is 12.4 Å². The Hall–Kier alpha value is -1.32. The van der Waals surface area contributed by atoms with Gasteiger partial charge in [-0.2, -0.15) is 0 Å². The van der Waals surface area contributed by atoms with Gasteiger partial charge < -0.3 is 9.64 Å². The van der Waals surface area contributed by atoms with Crippen LogP contribution in [0.5, 0.6) is 0 Å². The SMILES string of the molecule is CCOC(=O)C1=CN(C=O)CC1. The smallest absolute Gasteiger partial charge is 0.335 e. The van der Waals surface area contributed by atoms with E-state index in [1.54, 1.807) is 6.92 Å². The Kier molecular flexibility index (Phi) is 2.85. The van der Waals surface area contributed by atoms with Crippen LogP contribution in [-0.2, 0) is 14.3 Å². The maximum absolute atomic E-state index is 11.1. The quantitative estimate of drug-likeness (QED) is 0.450. The summed E-state index contributed by atoms with van der Waals surface area (Å²) in [6.07, 6.45) is 2.83. The van der Waals surface area contributed by atoms with Crippen molar-refractivity contribution in [1.29, 1.82) is 0 Å². The van der Waals surface area contributed by atoms with Crippen molar-refractivity contribution in [2.45, 2.75) is 13.3 Å². The molecule has 0 saturated heterocycles. The second kappa shape index (κ2) is 3.90. The molecule has 0 aromatic heterocycles. The van der Waals surface area contributed by atoms with Gasteiger partial charge in [-0.1, -0.05) is 0 Å². The lowest BCUT2D eigenvalue weighted by atomic mass is 10.2. The van der Waals surface area contributed by atoms with E-state index in [-0.39, 0.29) is 5.97 Å². The molecule has 66 valence electrons. The number of nitrogens with zero attached hydrogens (tertiary/aromatic N) is 1. The topological polar surface area (TPSA) is 46.6 Å². The summed E-state index contributed by atoms with van der Waals surface area (Å²) in [7, 11) is 0. The van der Waals surface area contributed by atoms with E-state index in [1.807, 2.05) is 0 Å². The molecule has 1 rings (SSSR count). The molecule has 4 heteroatoms. The van der Waals surface area contributed by atoms with Gasteiger partial charge in [-0.25, -0.2) is 4.79 Å². The van der Waals surface area contributed by atoms with E-state index >= 15 is 0 Å². The van der Waals surface area contributed by atoms with Crippen LogP contribution in [-0.4, -0.2) is 30.4 Å². The largest absolute Gasteiger partial charge is 0.463 e. The second-order valence-electron chi connectivity index (χ2n) is 2.47. The number of hydrogen-bond acceptors (Lipinski definition) is 3. The summed E-state index contributed by atoms with van der Waals surface area (Å²) < 4.78 is 4.77. The van der Waals surface area contributed by atoms with Crippen molar-refractivity contribution in [2.75, 3.05) is 13.2 Å². The lowest BCUT2D eigenvalue weighted by Crippen LogP contribution is -2.09. The number of hydrogen-bond donors (Lipinski definition) is 0. The van der Waals surface area contributed by atoms with E-state index in [2.05, 4.69) is 0 Å². The molecule has 0 N–H and O–H groups in total. The van der Waals surface area contributed by atoms with Crippen LogP contribution in [0.3, 0.4) is 0 Å². The van der Waals surface area contributed by atoms with Gasteiger partial charge in [-0.05, 0) is 13.3 Å². The lowest BCUT2D eigenvalue weighted by Gasteiger charge is -2.00. The summed E-state index contributed by atoms with van der Waals surface area (Å²) in [6.45, 7) is 2.71. The number of ether oxygens (including phenoxy) is 1. The molecule has 0 spiro atoms. The number of amides is 1. The molecule has 0 atom stereocenters. The molecule has 0 aromatic rings. The van der Waals surface area contributed by atoms with Crippen LogP contribution < -0.4 is 0 Å². The molecule has 0 aromatic carbocycles. The van der Waals surface area contributed by atoms with Crippen LogP contribution >= 0.6 is 0 Å². The van der Waals surface area contributed by atoms with Gasteiger partial charge in [0.15, 0.2) is 0 Å². The van der Waals surface area contributed by atoms with Gasteiger partial charge in [0, 0.05) is 12.7 Å². The van der Waals surface area contributed by atoms with Gasteiger partial charge in [0.2, 0.25) is 6.41 Å². The van der Waals surface area contributed by atoms with Crippen LogP contribution in [0.4, 0.5) is 0 Å². The molecular formula is C8H11NO3. The summed E-state index contributed by atoms with van der Waals surface area (Å²) in [5, 5.41) is 0. The number of esters is 1. The van der Waals surface area contributed by atoms with Crippen molar-refractivity contribution < 1.29 is 14.3 Å². The zero-order valence-corrected chi connectivity index (χ0v) is 6.95. The van der Waals surface area contributed by atoms with Gasteiger partial charge in [-0.3, -0.25) is 4.79 Å². The molecule has 12 heavy (non-hydrogen) atoms. The normalized spacial score (nSPS) is 15.8. The van der Waals surface area contributed by atoms with Crippen molar-refractivity contribution in [1.82, 2.24) is 4.90 Å². The Bertz CT molecular complexity index is 222. The minimum Gasteiger partial charge on any atom is -0.463 e. The van der Waals surface area contributed by atoms with Gasteiger partial charge in [0.1, 0.15) is 0 Å². The van der Waals surface area contributed by atoms with Crippen LogP contribution in [0.1, 0.15) is 13.3 Å². The Morgan fingerprint density at radius 2 is 2.58 bits per heavy atom. The molecule has 4 nitrogen and oxygen atoms in total. The number of carbonyl (C=O) groups excluding carboxylic acids is 2. The molecule has 0 unspecified atom stereocenters. The maximum Gasteiger partial charge on any atom is 0.335 e. The molecule has 0 aliphatic carbocycles. The van der Waals surface area contributed by atoms with Crippen LogP contribution in [0.2, 0.25) is 0 Å². The average molecular weight is 169 g/mol. The Balaban J connectivity index is 2.53. The van der Waals surface area contributed by atoms with Crippen LogP contribution in [0, 0.1) is 0 Å². The van der Waals surface area contributed by atoms with Crippen molar-refractivity contribution in [3.05, 3.63) is 11.8 Å². The summed E-state index contributed by atoms with van der Waals surface area (Å²) in [4.78, 5) is 22.8. The minimum absolute atomic E-state index is 0.318. The van der Waals surface area contributed by atoms with Gasteiger partial charge in [0.25, 0.3) is 0 Å². The second-order valence-corrected chi connectivity index (χ2v) is 2.47. The highest BCUT2D eigenvalue weighted by Crippen LogP contribution is 2.13.